The van der Waals surface area contributed by atoms with Gasteiger partial charge in [0.2, 0.25) is 11.7 Å². The summed E-state index contributed by atoms with van der Waals surface area (Å²) in [4.78, 5) is 25.1. The topological polar surface area (TPSA) is 166 Å². The zero-order chi connectivity index (χ0) is 28.6. The molecule has 37 heavy (non-hydrogen) atoms. The highest BCUT2D eigenvalue weighted by atomic mass is 16.7. The van der Waals surface area contributed by atoms with Gasteiger partial charge in [-0.3, -0.25) is 9.59 Å². The maximum Gasteiger partial charge on any atom is 0.222 e. The van der Waals surface area contributed by atoms with Crippen molar-refractivity contribution in [3.63, 3.8) is 0 Å². The van der Waals surface area contributed by atoms with Crippen LogP contribution in [-0.2, 0) is 19.1 Å². The molecule has 1 rings (SSSR count). The number of ether oxygens (including phenoxy) is 2. The Morgan fingerprint density at radius 1 is 1.05 bits per heavy atom. The Hall–Kier alpha value is -1.14. The van der Waals surface area contributed by atoms with Crippen LogP contribution in [0.25, 0.3) is 0 Å². The maximum absolute atomic E-state index is 12.8. The third-order valence-electron chi connectivity index (χ3n) is 7.52. The molecule has 218 valence electrons. The van der Waals surface area contributed by atoms with E-state index >= 15 is 0 Å². The fourth-order valence-electron chi connectivity index (χ4n) is 4.32. The summed E-state index contributed by atoms with van der Waals surface area (Å²) in [5.41, 5.74) is -0.554. The van der Waals surface area contributed by atoms with E-state index in [2.05, 4.69) is 5.32 Å². The average Bonchev–Trinajstić information content (AvgIpc) is 3.09. The Bertz CT molecular complexity index is 712. The molecule has 0 aromatic heterocycles. The molecule has 10 nitrogen and oxygen atoms in total. The first-order valence-corrected chi connectivity index (χ1v) is 13.6. The molecule has 0 aromatic rings. The highest BCUT2D eigenvalue weighted by molar-refractivity contribution is 5.84. The van der Waals surface area contributed by atoms with Gasteiger partial charge < -0.3 is 40.3 Å². The lowest BCUT2D eigenvalue weighted by Gasteiger charge is -2.34. The summed E-state index contributed by atoms with van der Waals surface area (Å²) in [5.74, 6) is -2.52. The van der Waals surface area contributed by atoms with Crippen molar-refractivity contribution in [3.8, 4) is 0 Å². The first-order chi connectivity index (χ1) is 17.1. The summed E-state index contributed by atoms with van der Waals surface area (Å²) in [6.07, 6.45) is -3.56. The number of ketones is 1. The van der Waals surface area contributed by atoms with Crippen LogP contribution in [-0.4, -0.2) is 92.8 Å². The summed E-state index contributed by atoms with van der Waals surface area (Å²) in [6, 6.07) is -0.365. The molecule has 0 aromatic carbocycles. The van der Waals surface area contributed by atoms with Gasteiger partial charge >= 0.3 is 0 Å². The molecule has 0 bridgehead atoms. The Morgan fingerprint density at radius 2 is 1.62 bits per heavy atom. The molecule has 1 amide bonds. The number of hydrogen-bond donors (Lipinski definition) is 6. The zero-order valence-electron chi connectivity index (χ0n) is 23.6. The van der Waals surface area contributed by atoms with Gasteiger partial charge in [-0.2, -0.15) is 0 Å². The number of nitrogens with one attached hydrogen (secondary N) is 1. The van der Waals surface area contributed by atoms with Gasteiger partial charge in [-0.15, -0.1) is 0 Å². The van der Waals surface area contributed by atoms with Gasteiger partial charge in [0.25, 0.3) is 0 Å². The normalized spacial score (nSPS) is 27.2. The third kappa shape index (κ3) is 10.5. The van der Waals surface area contributed by atoms with E-state index in [4.69, 9.17) is 9.47 Å². The lowest BCUT2D eigenvalue weighted by molar-refractivity contribution is -0.272. The number of carbonyl (C=O) groups excluding carboxylic acids is 2. The summed E-state index contributed by atoms with van der Waals surface area (Å²) < 4.78 is 11.0. The van der Waals surface area contributed by atoms with E-state index in [1.54, 1.807) is 20.8 Å². The van der Waals surface area contributed by atoms with Gasteiger partial charge in [-0.25, -0.2) is 0 Å². The van der Waals surface area contributed by atoms with Crippen LogP contribution in [0.15, 0.2) is 0 Å². The molecule has 9 atom stereocenters. The monoisotopic (exact) mass is 533 g/mol. The molecule has 1 fully saturated rings. The van der Waals surface area contributed by atoms with Crippen LogP contribution in [0.3, 0.4) is 0 Å². The van der Waals surface area contributed by atoms with Crippen molar-refractivity contribution in [2.45, 2.75) is 129 Å². The van der Waals surface area contributed by atoms with Crippen LogP contribution in [0.2, 0.25) is 0 Å². The van der Waals surface area contributed by atoms with Crippen molar-refractivity contribution >= 4 is 11.7 Å². The summed E-state index contributed by atoms with van der Waals surface area (Å²) in [6.45, 7) is 12.4. The molecule has 0 radical (unpaired) electrons. The van der Waals surface area contributed by atoms with Gasteiger partial charge in [-0.05, 0) is 18.3 Å². The van der Waals surface area contributed by atoms with Gasteiger partial charge in [-0.1, -0.05) is 61.3 Å². The minimum atomic E-state index is -2.02. The minimum Gasteiger partial charge on any atom is -0.394 e. The fourth-order valence-corrected chi connectivity index (χ4v) is 4.32. The number of rotatable bonds is 16. The summed E-state index contributed by atoms with van der Waals surface area (Å²) >= 11 is 0. The van der Waals surface area contributed by atoms with E-state index < -0.39 is 54.2 Å². The molecule has 0 saturated carbocycles. The molecule has 0 aliphatic carbocycles. The second kappa shape index (κ2) is 14.9. The van der Waals surface area contributed by atoms with Gasteiger partial charge in [0.15, 0.2) is 0 Å². The van der Waals surface area contributed by atoms with Crippen LogP contribution < -0.4 is 5.32 Å². The molecular formula is C27H51NO9. The molecule has 1 aliphatic heterocycles. The second-order valence-electron chi connectivity index (χ2n) is 11.8. The standard InChI is InChI=1S/C27H51NO9/c1-8-16(3)20(10-18(30)12-23(32)26(5,6)7)28-24(33)13-19(31)11-21(17(4)9-2)37-27(35)15-36-22(14-29)25(27)34/h16-22,25,29-31,34-35H,8-15H2,1-7H3,(H,28,33)/t16-,17-,18-,19-,20-,21-,22-,25?,27?/m0/s1. The molecular weight excluding hydrogens is 482 g/mol. The molecule has 6 N–H and O–H groups in total. The molecule has 2 unspecified atom stereocenters. The number of Topliss-reactive ketones (excluding diaryl/α,β-unsaturated/α-hetero) is 1. The maximum atomic E-state index is 12.8. The SMILES string of the molecule is CC[C@H](C)[C@H](C[C@H](O)CC(=O)C(C)(C)C)NC(=O)C[C@@H](O)C[C@H](OC1(O)CO[C@@H](CO)C1O)[C@@H](C)CC. The number of aliphatic hydroxyl groups excluding tert-OH is 4. The van der Waals surface area contributed by atoms with Crippen molar-refractivity contribution in [1.29, 1.82) is 0 Å². The second-order valence-corrected chi connectivity index (χ2v) is 11.8. The highest BCUT2D eigenvalue weighted by Gasteiger charge is 2.50. The van der Waals surface area contributed by atoms with Crippen LogP contribution >= 0.6 is 0 Å². The van der Waals surface area contributed by atoms with Crippen LogP contribution in [0.5, 0.6) is 0 Å². The van der Waals surface area contributed by atoms with Gasteiger partial charge in [0, 0.05) is 24.3 Å². The molecule has 0 spiro atoms. The van der Waals surface area contributed by atoms with Crippen LogP contribution in [0.1, 0.15) is 87.0 Å². The van der Waals surface area contributed by atoms with Crippen molar-refractivity contribution in [2.24, 2.45) is 17.3 Å². The minimum absolute atomic E-state index is 0.0124. The molecule has 1 saturated heterocycles. The lowest BCUT2D eigenvalue weighted by Crippen LogP contribution is -2.50. The first-order valence-electron chi connectivity index (χ1n) is 13.6. The van der Waals surface area contributed by atoms with E-state index in [0.29, 0.717) is 6.42 Å². The molecule has 10 heteroatoms. The van der Waals surface area contributed by atoms with Crippen molar-refractivity contribution in [3.05, 3.63) is 0 Å². The first kappa shape index (κ1) is 33.9. The Kier molecular flexibility index (Phi) is 13.6. The Labute approximate surface area is 221 Å². The molecule has 1 aliphatic rings. The fraction of sp³-hybridized carbons (Fsp3) is 0.926. The smallest absolute Gasteiger partial charge is 0.222 e. The number of amides is 1. The molecule has 1 heterocycles. The predicted molar refractivity (Wildman–Crippen MR) is 138 cm³/mol. The summed E-state index contributed by atoms with van der Waals surface area (Å²) in [5, 5.41) is 54.5. The average molecular weight is 534 g/mol. The van der Waals surface area contributed by atoms with Gasteiger partial charge in [0.05, 0.1) is 31.3 Å². The van der Waals surface area contributed by atoms with Crippen molar-refractivity contribution in [1.82, 2.24) is 5.32 Å². The Balaban J connectivity index is 2.77. The number of aliphatic hydroxyl groups is 5. The predicted octanol–water partition coefficient (Wildman–Crippen LogP) is 1.29. The number of hydrogen-bond acceptors (Lipinski definition) is 9. The number of carbonyl (C=O) groups is 2. The van der Waals surface area contributed by atoms with E-state index in [0.717, 1.165) is 6.42 Å². The van der Waals surface area contributed by atoms with Crippen LogP contribution in [0.4, 0.5) is 0 Å². The van der Waals surface area contributed by atoms with Crippen LogP contribution in [0, 0.1) is 17.3 Å². The zero-order valence-corrected chi connectivity index (χ0v) is 23.6. The third-order valence-corrected chi connectivity index (χ3v) is 7.52. The highest BCUT2D eigenvalue weighted by Crippen LogP contribution is 2.31. The lowest BCUT2D eigenvalue weighted by atomic mass is 9.85. The quantitative estimate of drug-likeness (QED) is 0.160. The van der Waals surface area contributed by atoms with E-state index in [-0.39, 0.29) is 56.0 Å². The van der Waals surface area contributed by atoms with E-state index in [1.807, 2.05) is 27.7 Å². The van der Waals surface area contributed by atoms with E-state index in [9.17, 15) is 35.1 Å². The van der Waals surface area contributed by atoms with Crippen molar-refractivity contribution < 1.29 is 44.6 Å². The Morgan fingerprint density at radius 3 is 2.11 bits per heavy atom. The summed E-state index contributed by atoms with van der Waals surface area (Å²) in [7, 11) is 0. The van der Waals surface area contributed by atoms with Gasteiger partial charge in [0.1, 0.15) is 24.6 Å². The van der Waals surface area contributed by atoms with Crippen molar-refractivity contribution in [2.75, 3.05) is 13.2 Å². The largest absolute Gasteiger partial charge is 0.394 e. The van der Waals surface area contributed by atoms with E-state index in [1.165, 1.54) is 0 Å².